The lowest BCUT2D eigenvalue weighted by molar-refractivity contribution is -0.129. The summed E-state index contributed by atoms with van der Waals surface area (Å²) >= 11 is 1.24. The van der Waals surface area contributed by atoms with Gasteiger partial charge < -0.3 is 31.9 Å². The number of anilines is 1. The van der Waals surface area contributed by atoms with Gasteiger partial charge in [-0.3, -0.25) is 14.4 Å². The van der Waals surface area contributed by atoms with Crippen LogP contribution >= 0.6 is 11.3 Å². The Kier molecular flexibility index (Phi) is 8.76. The molecule has 0 aliphatic heterocycles. The van der Waals surface area contributed by atoms with Crippen LogP contribution in [0.4, 0.5) is 5.13 Å². The second-order valence-electron chi connectivity index (χ2n) is 7.27. The molecule has 0 aliphatic carbocycles. The number of amides is 3. The lowest BCUT2D eigenvalue weighted by Gasteiger charge is -2.21. The summed E-state index contributed by atoms with van der Waals surface area (Å²) in [6.07, 6.45) is 1.68. The summed E-state index contributed by atoms with van der Waals surface area (Å²) in [5, 5.41) is 27.0. The fourth-order valence-electron chi connectivity index (χ4n) is 2.73. The highest BCUT2D eigenvalue weighted by atomic mass is 32.1. The van der Waals surface area contributed by atoms with Gasteiger partial charge in [-0.25, -0.2) is 4.98 Å². The van der Waals surface area contributed by atoms with Crippen molar-refractivity contribution in [1.82, 2.24) is 15.6 Å². The molecule has 2 aromatic rings. The summed E-state index contributed by atoms with van der Waals surface area (Å²) in [5.41, 5.74) is 6.09. The van der Waals surface area contributed by atoms with E-state index in [4.69, 9.17) is 10.8 Å². The average molecular weight is 450 g/mol. The van der Waals surface area contributed by atoms with Gasteiger partial charge in [0.1, 0.15) is 17.8 Å². The molecule has 0 aliphatic rings. The van der Waals surface area contributed by atoms with Gasteiger partial charge in [-0.15, -0.1) is 0 Å². The molecule has 2 atom stereocenters. The number of hydrogen-bond donors (Lipinski definition) is 6. The molecule has 7 N–H and O–H groups in total. The van der Waals surface area contributed by atoms with Crippen LogP contribution in [0, 0.1) is 5.92 Å². The number of primary amides is 1. The van der Waals surface area contributed by atoms with Gasteiger partial charge in [0.2, 0.25) is 17.7 Å². The van der Waals surface area contributed by atoms with E-state index in [0.717, 1.165) is 0 Å². The van der Waals surface area contributed by atoms with Crippen LogP contribution in [0.5, 0.6) is 5.75 Å². The number of carbonyl (C=O) groups excluding carboxylic acids is 3. The molecule has 11 heteroatoms. The third kappa shape index (κ3) is 7.54. The summed E-state index contributed by atoms with van der Waals surface area (Å²) in [6.45, 7) is 3.23. The molecule has 0 fully saturated rings. The Morgan fingerprint density at radius 2 is 1.87 bits per heavy atom. The van der Waals surface area contributed by atoms with E-state index in [1.807, 2.05) is 13.8 Å². The quantitative estimate of drug-likeness (QED) is 0.283. The predicted octanol–water partition coefficient (Wildman–Crippen LogP) is 0.107. The van der Waals surface area contributed by atoms with Gasteiger partial charge in [-0.05, 0) is 23.6 Å². The van der Waals surface area contributed by atoms with E-state index >= 15 is 0 Å². The molecule has 2 rings (SSSR count). The lowest BCUT2D eigenvalue weighted by atomic mass is 10.0. The standard InChI is InChI=1S/C20H27N5O5S/c1-11(2)17(25-20-23-8-14(10-26)31-20)19(30)22-9-16(28)24-15(18(21)29)7-12-3-5-13(27)6-4-12/h3-6,8,11,15,17,26-27H,7,9-10H2,1-2H3,(H2,21,29)(H,22,30)(H,23,25)(H,24,28)/t15-,17?/m0/s1. The van der Waals surface area contributed by atoms with Crippen molar-refractivity contribution in [2.45, 2.75) is 39.0 Å². The third-order valence-electron chi connectivity index (χ3n) is 4.42. The Morgan fingerprint density at radius 3 is 2.42 bits per heavy atom. The van der Waals surface area contributed by atoms with Crippen molar-refractivity contribution in [1.29, 1.82) is 0 Å². The van der Waals surface area contributed by atoms with E-state index in [0.29, 0.717) is 15.6 Å². The Balaban J connectivity index is 1.90. The van der Waals surface area contributed by atoms with Crippen molar-refractivity contribution in [3.8, 4) is 5.75 Å². The Morgan fingerprint density at radius 1 is 1.19 bits per heavy atom. The number of phenolic OH excluding ortho intramolecular Hbond substituents is 1. The summed E-state index contributed by atoms with van der Waals surface area (Å²) in [5.74, 6) is -1.68. The summed E-state index contributed by atoms with van der Waals surface area (Å²) in [7, 11) is 0. The van der Waals surface area contributed by atoms with Gasteiger partial charge in [0.15, 0.2) is 5.13 Å². The van der Waals surface area contributed by atoms with Crippen molar-refractivity contribution >= 4 is 34.2 Å². The molecule has 1 aromatic carbocycles. The van der Waals surface area contributed by atoms with Crippen LogP contribution in [-0.4, -0.2) is 51.5 Å². The van der Waals surface area contributed by atoms with Gasteiger partial charge >= 0.3 is 0 Å². The maximum Gasteiger partial charge on any atom is 0.243 e. The molecule has 0 saturated carbocycles. The molecular weight excluding hydrogens is 422 g/mol. The lowest BCUT2D eigenvalue weighted by Crippen LogP contribution is -2.51. The largest absolute Gasteiger partial charge is 0.508 e. The maximum absolute atomic E-state index is 12.6. The van der Waals surface area contributed by atoms with Crippen LogP contribution in [0.3, 0.4) is 0 Å². The monoisotopic (exact) mass is 449 g/mol. The number of thiazole rings is 1. The van der Waals surface area contributed by atoms with E-state index in [1.54, 1.807) is 12.1 Å². The van der Waals surface area contributed by atoms with Gasteiger partial charge in [0, 0.05) is 12.6 Å². The Bertz CT molecular complexity index is 900. The Labute approximate surface area is 183 Å². The highest BCUT2D eigenvalue weighted by Crippen LogP contribution is 2.20. The van der Waals surface area contributed by atoms with Crippen LogP contribution < -0.4 is 21.7 Å². The number of hydrogen-bond acceptors (Lipinski definition) is 8. The van der Waals surface area contributed by atoms with Gasteiger partial charge in [0.05, 0.1) is 18.0 Å². The van der Waals surface area contributed by atoms with Gasteiger partial charge in [0.25, 0.3) is 0 Å². The van der Waals surface area contributed by atoms with E-state index in [1.165, 1.54) is 29.7 Å². The summed E-state index contributed by atoms with van der Waals surface area (Å²) in [4.78, 5) is 41.3. The molecule has 0 spiro atoms. The highest BCUT2D eigenvalue weighted by molar-refractivity contribution is 7.15. The minimum absolute atomic E-state index is 0.0878. The number of benzene rings is 1. The number of rotatable bonds is 11. The number of phenols is 1. The van der Waals surface area contributed by atoms with E-state index in [-0.39, 0.29) is 31.2 Å². The van der Waals surface area contributed by atoms with Crippen molar-refractivity contribution in [2.24, 2.45) is 11.7 Å². The average Bonchev–Trinajstić information content (AvgIpc) is 3.19. The minimum Gasteiger partial charge on any atom is -0.508 e. The van der Waals surface area contributed by atoms with Crippen LogP contribution in [-0.2, 0) is 27.4 Å². The molecule has 1 unspecified atom stereocenters. The van der Waals surface area contributed by atoms with Crippen LogP contribution in [0.25, 0.3) is 0 Å². The molecule has 0 saturated heterocycles. The fraction of sp³-hybridized carbons (Fsp3) is 0.400. The van der Waals surface area contributed by atoms with E-state index < -0.39 is 29.8 Å². The first-order valence-electron chi connectivity index (χ1n) is 9.66. The normalized spacial score (nSPS) is 12.8. The third-order valence-corrected chi connectivity index (χ3v) is 5.33. The Hall–Kier alpha value is -3.18. The first kappa shape index (κ1) is 24.1. The highest BCUT2D eigenvalue weighted by Gasteiger charge is 2.24. The molecule has 3 amide bonds. The number of nitrogens with zero attached hydrogens (tertiary/aromatic N) is 1. The molecule has 168 valence electrons. The minimum atomic E-state index is -0.958. The van der Waals surface area contributed by atoms with Crippen LogP contribution in [0.2, 0.25) is 0 Å². The number of nitrogens with two attached hydrogens (primary N) is 1. The zero-order valence-corrected chi connectivity index (χ0v) is 18.1. The maximum atomic E-state index is 12.6. The SMILES string of the molecule is CC(C)C(Nc1ncc(CO)s1)C(=O)NCC(=O)N[C@@H](Cc1ccc(O)cc1)C(N)=O. The molecule has 0 bridgehead atoms. The number of aliphatic hydroxyl groups excluding tert-OH is 1. The second-order valence-corrected chi connectivity index (χ2v) is 8.38. The van der Waals surface area contributed by atoms with Gasteiger partial charge in [-0.1, -0.05) is 37.3 Å². The summed E-state index contributed by atoms with van der Waals surface area (Å²) in [6, 6.07) is 4.59. The molecule has 10 nitrogen and oxygen atoms in total. The first-order chi connectivity index (χ1) is 14.7. The zero-order valence-electron chi connectivity index (χ0n) is 17.3. The van der Waals surface area contributed by atoms with Crippen molar-refractivity contribution in [3.05, 3.63) is 40.9 Å². The molecule has 1 aromatic heterocycles. The van der Waals surface area contributed by atoms with Crippen molar-refractivity contribution in [3.63, 3.8) is 0 Å². The molecule has 31 heavy (non-hydrogen) atoms. The van der Waals surface area contributed by atoms with Crippen LogP contribution in [0.1, 0.15) is 24.3 Å². The fourth-order valence-corrected chi connectivity index (χ4v) is 3.44. The topological polar surface area (TPSA) is 167 Å². The van der Waals surface area contributed by atoms with E-state index in [2.05, 4.69) is 20.9 Å². The summed E-state index contributed by atoms with van der Waals surface area (Å²) < 4.78 is 0. The first-order valence-corrected chi connectivity index (χ1v) is 10.5. The number of carbonyl (C=O) groups is 3. The smallest absolute Gasteiger partial charge is 0.243 e. The number of aromatic hydroxyl groups is 1. The van der Waals surface area contributed by atoms with E-state index in [9.17, 15) is 19.5 Å². The van der Waals surface area contributed by atoms with Crippen molar-refractivity contribution in [2.75, 3.05) is 11.9 Å². The number of aromatic nitrogens is 1. The second kappa shape index (κ2) is 11.3. The molecule has 1 heterocycles. The van der Waals surface area contributed by atoms with Gasteiger partial charge in [-0.2, -0.15) is 0 Å². The van der Waals surface area contributed by atoms with Crippen LogP contribution in [0.15, 0.2) is 30.5 Å². The predicted molar refractivity (Wildman–Crippen MR) is 116 cm³/mol. The zero-order chi connectivity index (χ0) is 23.0. The van der Waals surface area contributed by atoms with Crippen molar-refractivity contribution < 1.29 is 24.6 Å². The number of nitrogens with one attached hydrogen (secondary N) is 3. The number of aliphatic hydroxyl groups is 1. The molecular formula is C20H27N5O5S. The molecule has 0 radical (unpaired) electrons.